The molecule has 0 aromatic heterocycles. The van der Waals surface area contributed by atoms with Gasteiger partial charge in [0.05, 0.1) is 0 Å². The maximum atomic E-state index is 11.5. The monoisotopic (exact) mass is 250 g/mol. The number of likely N-dealkylation sites (N-methyl/N-ethyl adjacent to an activating group) is 1. The molecule has 0 radical (unpaired) electrons. The highest BCUT2D eigenvalue weighted by atomic mass is 16.5. The number of benzene rings is 1. The molecule has 100 valence electrons. The number of nitrogens with zero attached hydrogens (tertiary/aromatic N) is 1. The topological polar surface area (TPSA) is 41.6 Å². The number of hydrogen-bond acceptors (Lipinski definition) is 3. The van der Waals surface area contributed by atoms with E-state index in [1.54, 1.807) is 14.1 Å². The second-order valence-electron chi connectivity index (χ2n) is 4.39. The molecule has 0 saturated carbocycles. The first kappa shape index (κ1) is 14.5. The Kier molecular flexibility index (Phi) is 5.65. The minimum absolute atomic E-state index is 0.0408. The van der Waals surface area contributed by atoms with Gasteiger partial charge in [0.1, 0.15) is 5.75 Å². The van der Waals surface area contributed by atoms with Gasteiger partial charge in [-0.3, -0.25) is 4.79 Å². The van der Waals surface area contributed by atoms with Gasteiger partial charge in [0, 0.05) is 25.7 Å². The first-order valence-corrected chi connectivity index (χ1v) is 6.21. The fourth-order valence-corrected chi connectivity index (χ4v) is 1.65. The number of carbonyl (C=O) groups excluding carboxylic acids is 1. The molecular formula is C14H22N2O2. The summed E-state index contributed by atoms with van der Waals surface area (Å²) in [6, 6.07) is 8.01. The Labute approximate surface area is 109 Å². The molecule has 1 rings (SSSR count). The van der Waals surface area contributed by atoms with Crippen LogP contribution in [-0.4, -0.2) is 38.1 Å². The third kappa shape index (κ3) is 4.04. The van der Waals surface area contributed by atoms with Crippen LogP contribution in [0.3, 0.4) is 0 Å². The highest BCUT2D eigenvalue weighted by Crippen LogP contribution is 2.24. The Morgan fingerprint density at radius 3 is 2.67 bits per heavy atom. The van der Waals surface area contributed by atoms with Crippen LogP contribution in [0.5, 0.6) is 5.75 Å². The van der Waals surface area contributed by atoms with Crippen LogP contribution in [0.15, 0.2) is 24.3 Å². The summed E-state index contributed by atoms with van der Waals surface area (Å²) in [4.78, 5) is 13.0. The maximum absolute atomic E-state index is 11.5. The highest BCUT2D eigenvalue weighted by molar-refractivity contribution is 5.77. The number of hydrogen-bond donors (Lipinski definition) is 1. The Bertz CT molecular complexity index is 391. The lowest BCUT2D eigenvalue weighted by Gasteiger charge is -2.18. The molecule has 1 N–H and O–H groups in total. The second kappa shape index (κ2) is 7.01. The zero-order valence-corrected chi connectivity index (χ0v) is 11.6. The van der Waals surface area contributed by atoms with Crippen molar-refractivity contribution >= 4 is 5.91 Å². The van der Waals surface area contributed by atoms with Crippen LogP contribution >= 0.6 is 0 Å². The Morgan fingerprint density at radius 1 is 1.39 bits per heavy atom. The van der Waals surface area contributed by atoms with Crippen LogP contribution in [0, 0.1) is 0 Å². The summed E-state index contributed by atoms with van der Waals surface area (Å²) in [5, 5.41) is 3.34. The van der Waals surface area contributed by atoms with Gasteiger partial charge in [0.15, 0.2) is 6.61 Å². The van der Waals surface area contributed by atoms with Crippen molar-refractivity contribution in [2.45, 2.75) is 19.9 Å². The molecule has 0 spiro atoms. The minimum atomic E-state index is -0.0408. The molecule has 4 nitrogen and oxygen atoms in total. The van der Waals surface area contributed by atoms with E-state index in [0.29, 0.717) is 0 Å². The smallest absolute Gasteiger partial charge is 0.259 e. The van der Waals surface area contributed by atoms with E-state index in [1.807, 2.05) is 24.3 Å². The quantitative estimate of drug-likeness (QED) is 0.837. The largest absolute Gasteiger partial charge is 0.483 e. The van der Waals surface area contributed by atoms with Gasteiger partial charge < -0.3 is 15.0 Å². The predicted molar refractivity (Wildman–Crippen MR) is 72.7 cm³/mol. The first-order chi connectivity index (χ1) is 8.56. The van der Waals surface area contributed by atoms with Crippen molar-refractivity contribution in [2.24, 2.45) is 0 Å². The molecule has 4 heteroatoms. The lowest BCUT2D eigenvalue weighted by atomic mass is 10.1. The average Bonchev–Trinajstić information content (AvgIpc) is 2.36. The highest BCUT2D eigenvalue weighted by Gasteiger charge is 2.12. The van der Waals surface area contributed by atoms with E-state index in [2.05, 4.69) is 19.2 Å². The number of rotatable bonds is 6. The molecule has 1 unspecified atom stereocenters. The molecule has 0 bridgehead atoms. The second-order valence-corrected chi connectivity index (χ2v) is 4.39. The van der Waals surface area contributed by atoms with E-state index in [-0.39, 0.29) is 18.6 Å². The maximum Gasteiger partial charge on any atom is 0.259 e. The van der Waals surface area contributed by atoms with Crippen molar-refractivity contribution in [1.29, 1.82) is 0 Å². The zero-order valence-electron chi connectivity index (χ0n) is 11.6. The van der Waals surface area contributed by atoms with Gasteiger partial charge >= 0.3 is 0 Å². The Balaban J connectivity index is 2.73. The number of nitrogens with one attached hydrogen (secondary N) is 1. The molecule has 1 amide bonds. The molecule has 0 aliphatic carbocycles. The van der Waals surface area contributed by atoms with Crippen molar-refractivity contribution in [3.63, 3.8) is 0 Å². The number of ether oxygens (including phenoxy) is 1. The summed E-state index contributed by atoms with van der Waals surface area (Å²) in [5.74, 6) is 0.724. The fourth-order valence-electron chi connectivity index (χ4n) is 1.65. The number of carbonyl (C=O) groups is 1. The van der Waals surface area contributed by atoms with Crippen LogP contribution in [0.1, 0.15) is 25.5 Å². The Hall–Kier alpha value is -1.55. The van der Waals surface area contributed by atoms with Gasteiger partial charge in [-0.05, 0) is 19.5 Å². The van der Waals surface area contributed by atoms with E-state index < -0.39 is 0 Å². The van der Waals surface area contributed by atoms with Gasteiger partial charge in [-0.1, -0.05) is 25.1 Å². The number of para-hydroxylation sites is 1. The molecular weight excluding hydrogens is 228 g/mol. The lowest BCUT2D eigenvalue weighted by Crippen LogP contribution is -2.28. The van der Waals surface area contributed by atoms with Crippen molar-refractivity contribution < 1.29 is 9.53 Å². The van der Waals surface area contributed by atoms with E-state index in [0.717, 1.165) is 17.9 Å². The van der Waals surface area contributed by atoms with Gasteiger partial charge in [0.2, 0.25) is 0 Å². The van der Waals surface area contributed by atoms with Gasteiger partial charge in [-0.15, -0.1) is 0 Å². The van der Waals surface area contributed by atoms with Crippen LogP contribution in [0.2, 0.25) is 0 Å². The summed E-state index contributed by atoms with van der Waals surface area (Å²) in [7, 11) is 3.44. The van der Waals surface area contributed by atoms with E-state index >= 15 is 0 Å². The van der Waals surface area contributed by atoms with Gasteiger partial charge in [0.25, 0.3) is 5.91 Å². The standard InChI is InChI=1S/C14H22N2O2/c1-5-15-11(2)12-8-6-7-9-13(12)18-10-14(17)16(3)4/h6-9,11,15H,5,10H2,1-4H3. The third-order valence-corrected chi connectivity index (χ3v) is 2.75. The van der Waals surface area contributed by atoms with Crippen LogP contribution < -0.4 is 10.1 Å². The minimum Gasteiger partial charge on any atom is -0.483 e. The van der Waals surface area contributed by atoms with Crippen molar-refractivity contribution in [3.8, 4) is 5.75 Å². The van der Waals surface area contributed by atoms with Crippen molar-refractivity contribution in [2.75, 3.05) is 27.2 Å². The Morgan fingerprint density at radius 2 is 2.06 bits per heavy atom. The SMILES string of the molecule is CCNC(C)c1ccccc1OCC(=O)N(C)C. The average molecular weight is 250 g/mol. The molecule has 1 aromatic rings. The molecule has 0 fully saturated rings. The van der Waals surface area contributed by atoms with E-state index in [1.165, 1.54) is 4.90 Å². The zero-order chi connectivity index (χ0) is 13.5. The molecule has 0 heterocycles. The molecule has 0 aliphatic heterocycles. The molecule has 0 saturated heterocycles. The fraction of sp³-hybridized carbons (Fsp3) is 0.500. The van der Waals surface area contributed by atoms with E-state index in [9.17, 15) is 4.79 Å². The molecule has 18 heavy (non-hydrogen) atoms. The summed E-state index contributed by atoms with van der Waals surface area (Å²) in [6.45, 7) is 5.12. The molecule has 1 atom stereocenters. The predicted octanol–water partition coefficient (Wildman–Crippen LogP) is 1.82. The summed E-state index contributed by atoms with van der Waals surface area (Å²) in [6.07, 6.45) is 0. The normalized spacial score (nSPS) is 12.0. The first-order valence-electron chi connectivity index (χ1n) is 6.21. The van der Waals surface area contributed by atoms with Crippen LogP contribution in [0.25, 0.3) is 0 Å². The lowest BCUT2D eigenvalue weighted by molar-refractivity contribution is -0.130. The third-order valence-electron chi connectivity index (χ3n) is 2.75. The van der Waals surface area contributed by atoms with Crippen molar-refractivity contribution in [1.82, 2.24) is 10.2 Å². The molecule has 0 aliphatic rings. The summed E-state index contributed by atoms with van der Waals surface area (Å²) >= 11 is 0. The van der Waals surface area contributed by atoms with Crippen LogP contribution in [-0.2, 0) is 4.79 Å². The summed E-state index contributed by atoms with van der Waals surface area (Å²) < 4.78 is 5.60. The van der Waals surface area contributed by atoms with Crippen molar-refractivity contribution in [3.05, 3.63) is 29.8 Å². The molecule has 1 aromatic carbocycles. The van der Waals surface area contributed by atoms with Gasteiger partial charge in [-0.2, -0.15) is 0 Å². The van der Waals surface area contributed by atoms with Crippen LogP contribution in [0.4, 0.5) is 0 Å². The number of amides is 1. The van der Waals surface area contributed by atoms with Gasteiger partial charge in [-0.25, -0.2) is 0 Å². The summed E-state index contributed by atoms with van der Waals surface area (Å²) in [5.41, 5.74) is 1.07. The van der Waals surface area contributed by atoms with E-state index in [4.69, 9.17) is 4.74 Å².